The van der Waals surface area contributed by atoms with Crippen molar-refractivity contribution in [3.63, 3.8) is 0 Å². The second-order valence-corrected chi connectivity index (χ2v) is 4.22. The summed E-state index contributed by atoms with van der Waals surface area (Å²) in [6, 6.07) is 6.47. The molecule has 0 aliphatic rings. The summed E-state index contributed by atoms with van der Waals surface area (Å²) in [7, 11) is 1.55. The summed E-state index contributed by atoms with van der Waals surface area (Å²) in [5.74, 6) is -0.615. The highest BCUT2D eigenvalue weighted by molar-refractivity contribution is 6.29. The van der Waals surface area contributed by atoms with E-state index in [9.17, 15) is 9.59 Å². The molecule has 0 unspecified atom stereocenters. The van der Waals surface area contributed by atoms with Gasteiger partial charge in [0.2, 0.25) is 0 Å². The van der Waals surface area contributed by atoms with Crippen LogP contribution in [0.4, 0.5) is 5.69 Å². The molecule has 0 aliphatic carbocycles. The lowest BCUT2D eigenvalue weighted by Crippen LogP contribution is -2.18. The molecule has 0 bridgehead atoms. The van der Waals surface area contributed by atoms with Gasteiger partial charge in [0, 0.05) is 18.3 Å². The van der Waals surface area contributed by atoms with E-state index in [1.54, 1.807) is 31.3 Å². The summed E-state index contributed by atoms with van der Waals surface area (Å²) in [4.78, 5) is 30.9. The fourth-order valence-electron chi connectivity index (χ4n) is 1.50. The summed E-state index contributed by atoms with van der Waals surface area (Å²) in [5, 5.41) is 5.30. The van der Waals surface area contributed by atoms with Crippen molar-refractivity contribution in [3.8, 4) is 0 Å². The highest BCUT2D eigenvalue weighted by Crippen LogP contribution is 2.11. The first-order valence-corrected chi connectivity index (χ1v) is 6.09. The number of hydrogen-bond acceptors (Lipinski definition) is 4. The monoisotopic (exact) mass is 290 g/mol. The van der Waals surface area contributed by atoms with Crippen LogP contribution >= 0.6 is 11.6 Å². The minimum Gasteiger partial charge on any atom is -0.355 e. The molecule has 0 fully saturated rings. The van der Waals surface area contributed by atoms with E-state index in [1.165, 1.54) is 12.4 Å². The number of nitrogens with zero attached hydrogens (tertiary/aromatic N) is 2. The van der Waals surface area contributed by atoms with Gasteiger partial charge in [0.25, 0.3) is 11.8 Å². The van der Waals surface area contributed by atoms with Crippen LogP contribution in [-0.2, 0) is 0 Å². The van der Waals surface area contributed by atoms with Crippen molar-refractivity contribution in [2.45, 2.75) is 0 Å². The van der Waals surface area contributed by atoms with Gasteiger partial charge in [0.05, 0.1) is 12.4 Å². The zero-order valence-electron chi connectivity index (χ0n) is 10.6. The second kappa shape index (κ2) is 6.12. The first-order chi connectivity index (χ1) is 9.60. The van der Waals surface area contributed by atoms with Gasteiger partial charge < -0.3 is 10.6 Å². The zero-order valence-corrected chi connectivity index (χ0v) is 11.3. The van der Waals surface area contributed by atoms with Crippen molar-refractivity contribution >= 4 is 29.1 Å². The maximum atomic E-state index is 11.9. The Morgan fingerprint density at radius 2 is 1.80 bits per heavy atom. The molecule has 2 rings (SSSR count). The van der Waals surface area contributed by atoms with E-state index in [-0.39, 0.29) is 16.8 Å². The summed E-state index contributed by atoms with van der Waals surface area (Å²) in [6.45, 7) is 0. The van der Waals surface area contributed by atoms with E-state index in [1.807, 2.05) is 0 Å². The molecule has 0 aliphatic heterocycles. The Kier molecular flexibility index (Phi) is 4.27. The summed E-state index contributed by atoms with van der Waals surface area (Å²) >= 11 is 5.67. The Morgan fingerprint density at radius 1 is 1.10 bits per heavy atom. The van der Waals surface area contributed by atoms with E-state index in [2.05, 4.69) is 20.6 Å². The molecule has 1 aromatic heterocycles. The third-order valence-electron chi connectivity index (χ3n) is 2.47. The van der Waals surface area contributed by atoms with Gasteiger partial charge in [-0.2, -0.15) is 0 Å². The molecule has 20 heavy (non-hydrogen) atoms. The molecular formula is C13H11ClN4O2. The van der Waals surface area contributed by atoms with E-state index in [4.69, 9.17) is 11.6 Å². The van der Waals surface area contributed by atoms with Gasteiger partial charge in [0.1, 0.15) is 10.8 Å². The van der Waals surface area contributed by atoms with Crippen LogP contribution in [0.2, 0.25) is 5.15 Å². The summed E-state index contributed by atoms with van der Waals surface area (Å²) < 4.78 is 0. The molecule has 0 saturated heterocycles. The minimum atomic E-state index is -0.423. The number of benzene rings is 1. The van der Waals surface area contributed by atoms with Crippen LogP contribution in [0.5, 0.6) is 0 Å². The van der Waals surface area contributed by atoms with Crippen LogP contribution in [0.3, 0.4) is 0 Å². The third-order valence-corrected chi connectivity index (χ3v) is 2.65. The molecule has 7 heteroatoms. The standard InChI is InChI=1S/C13H11ClN4O2/c1-15-12(19)8-2-4-9(5-3-8)17-13(20)10-6-16-7-11(14)18-10/h2-7H,1H3,(H,15,19)(H,17,20). The molecule has 0 radical (unpaired) electrons. The fraction of sp³-hybridized carbons (Fsp3) is 0.0769. The smallest absolute Gasteiger partial charge is 0.275 e. The van der Waals surface area contributed by atoms with Crippen LogP contribution in [0.25, 0.3) is 0 Å². The van der Waals surface area contributed by atoms with Crippen LogP contribution in [0.15, 0.2) is 36.7 Å². The Balaban J connectivity index is 2.10. The fourth-order valence-corrected chi connectivity index (χ4v) is 1.64. The normalized spacial score (nSPS) is 9.90. The first kappa shape index (κ1) is 14.0. The lowest BCUT2D eigenvalue weighted by atomic mass is 10.2. The van der Waals surface area contributed by atoms with Gasteiger partial charge in [-0.25, -0.2) is 4.98 Å². The summed E-state index contributed by atoms with van der Waals surface area (Å²) in [6.07, 6.45) is 2.66. The Morgan fingerprint density at radius 3 is 2.40 bits per heavy atom. The largest absolute Gasteiger partial charge is 0.355 e. The summed E-state index contributed by atoms with van der Waals surface area (Å²) in [5.41, 5.74) is 1.17. The first-order valence-electron chi connectivity index (χ1n) is 5.71. The van der Waals surface area contributed by atoms with Crippen molar-refractivity contribution in [1.82, 2.24) is 15.3 Å². The van der Waals surface area contributed by atoms with Gasteiger partial charge in [-0.3, -0.25) is 14.6 Å². The predicted octanol–water partition coefficient (Wildman–Crippen LogP) is 1.74. The number of amides is 2. The quantitative estimate of drug-likeness (QED) is 0.902. The Hall–Kier alpha value is -2.47. The topological polar surface area (TPSA) is 84.0 Å². The molecule has 1 heterocycles. The van der Waals surface area contributed by atoms with Gasteiger partial charge in [-0.15, -0.1) is 0 Å². The molecule has 0 spiro atoms. The number of aromatic nitrogens is 2. The van der Waals surface area contributed by atoms with E-state index < -0.39 is 5.91 Å². The van der Waals surface area contributed by atoms with E-state index in [0.29, 0.717) is 11.3 Å². The average molecular weight is 291 g/mol. The molecular weight excluding hydrogens is 280 g/mol. The molecule has 102 valence electrons. The zero-order chi connectivity index (χ0) is 14.5. The third kappa shape index (κ3) is 3.30. The SMILES string of the molecule is CNC(=O)c1ccc(NC(=O)c2cncc(Cl)n2)cc1. The van der Waals surface area contributed by atoms with E-state index >= 15 is 0 Å². The van der Waals surface area contributed by atoms with Crippen molar-refractivity contribution < 1.29 is 9.59 Å². The highest BCUT2D eigenvalue weighted by Gasteiger charge is 2.09. The molecule has 0 saturated carbocycles. The predicted molar refractivity (Wildman–Crippen MR) is 74.8 cm³/mol. The molecule has 6 nitrogen and oxygen atoms in total. The Labute approximate surface area is 120 Å². The molecule has 2 amide bonds. The maximum absolute atomic E-state index is 11.9. The number of anilines is 1. The highest BCUT2D eigenvalue weighted by atomic mass is 35.5. The van der Waals surface area contributed by atoms with Gasteiger partial charge >= 0.3 is 0 Å². The molecule has 1 aromatic carbocycles. The molecule has 0 atom stereocenters. The maximum Gasteiger partial charge on any atom is 0.275 e. The van der Waals surface area contributed by atoms with Crippen LogP contribution in [0.1, 0.15) is 20.8 Å². The number of nitrogens with one attached hydrogen (secondary N) is 2. The lowest BCUT2D eigenvalue weighted by Gasteiger charge is -2.05. The molecule has 2 aromatic rings. The number of rotatable bonds is 3. The van der Waals surface area contributed by atoms with Crippen molar-refractivity contribution in [2.75, 3.05) is 12.4 Å². The average Bonchev–Trinajstić information content (AvgIpc) is 2.47. The second-order valence-electron chi connectivity index (χ2n) is 3.84. The van der Waals surface area contributed by atoms with Gasteiger partial charge in [-0.05, 0) is 24.3 Å². The Bertz CT molecular complexity index is 643. The van der Waals surface area contributed by atoms with Crippen LogP contribution < -0.4 is 10.6 Å². The number of carbonyl (C=O) groups excluding carboxylic acids is 2. The van der Waals surface area contributed by atoms with Crippen molar-refractivity contribution in [1.29, 1.82) is 0 Å². The lowest BCUT2D eigenvalue weighted by molar-refractivity contribution is 0.0962. The number of carbonyl (C=O) groups is 2. The van der Waals surface area contributed by atoms with Crippen molar-refractivity contribution in [3.05, 3.63) is 53.1 Å². The minimum absolute atomic E-state index is 0.118. The van der Waals surface area contributed by atoms with Gasteiger partial charge in [-0.1, -0.05) is 11.6 Å². The molecule has 2 N–H and O–H groups in total. The van der Waals surface area contributed by atoms with Gasteiger partial charge in [0.15, 0.2) is 0 Å². The van der Waals surface area contributed by atoms with E-state index in [0.717, 1.165) is 0 Å². The van der Waals surface area contributed by atoms with Crippen LogP contribution in [-0.4, -0.2) is 28.8 Å². The number of hydrogen-bond donors (Lipinski definition) is 2. The van der Waals surface area contributed by atoms with Crippen molar-refractivity contribution in [2.24, 2.45) is 0 Å². The van der Waals surface area contributed by atoms with Crippen LogP contribution in [0, 0.1) is 0 Å². The number of halogens is 1.